The standard InChI is InChI=1S/C20H16FN3/c1-14-11-16(21)7-8-17(14)18-9-10-22-20-19(18)12-23-24(20)13-15-5-3-2-4-6-15/h2-12H,13H2,1H3. The third kappa shape index (κ3) is 2.56. The Balaban J connectivity index is 1.82. The molecule has 0 radical (unpaired) electrons. The number of aryl methyl sites for hydroxylation is 1. The van der Waals surface area contributed by atoms with Crippen LogP contribution >= 0.6 is 0 Å². The van der Waals surface area contributed by atoms with Crippen LogP contribution in [0.4, 0.5) is 4.39 Å². The number of hydrogen-bond acceptors (Lipinski definition) is 2. The van der Waals surface area contributed by atoms with Gasteiger partial charge in [0.05, 0.1) is 12.7 Å². The lowest BCUT2D eigenvalue weighted by atomic mass is 9.99. The van der Waals surface area contributed by atoms with Gasteiger partial charge in [-0.3, -0.25) is 0 Å². The lowest BCUT2D eigenvalue weighted by molar-refractivity contribution is 0.627. The van der Waals surface area contributed by atoms with E-state index in [0.717, 1.165) is 27.7 Å². The molecule has 0 N–H and O–H groups in total. The second-order valence-electron chi connectivity index (χ2n) is 5.84. The van der Waals surface area contributed by atoms with Crippen molar-refractivity contribution in [2.24, 2.45) is 0 Å². The molecule has 4 rings (SSSR count). The van der Waals surface area contributed by atoms with Gasteiger partial charge in [0.1, 0.15) is 5.82 Å². The lowest BCUT2D eigenvalue weighted by Gasteiger charge is -2.08. The molecule has 118 valence electrons. The summed E-state index contributed by atoms with van der Waals surface area (Å²) in [6.45, 7) is 2.59. The molecule has 0 fully saturated rings. The Bertz CT molecular complexity index is 1010. The second kappa shape index (κ2) is 5.89. The number of aromatic nitrogens is 3. The highest BCUT2D eigenvalue weighted by Gasteiger charge is 2.12. The smallest absolute Gasteiger partial charge is 0.158 e. The Hall–Kier alpha value is -3.01. The van der Waals surface area contributed by atoms with E-state index < -0.39 is 0 Å². The topological polar surface area (TPSA) is 30.7 Å². The van der Waals surface area contributed by atoms with Crippen LogP contribution in [0.3, 0.4) is 0 Å². The normalized spacial score (nSPS) is 11.1. The first-order valence-corrected chi connectivity index (χ1v) is 7.83. The van der Waals surface area contributed by atoms with Crippen LogP contribution in [0.15, 0.2) is 67.0 Å². The van der Waals surface area contributed by atoms with Crippen LogP contribution in [0.5, 0.6) is 0 Å². The Morgan fingerprint density at radius 1 is 1.00 bits per heavy atom. The van der Waals surface area contributed by atoms with Crippen LogP contribution in [-0.2, 0) is 6.54 Å². The van der Waals surface area contributed by atoms with E-state index in [1.165, 1.54) is 11.6 Å². The van der Waals surface area contributed by atoms with E-state index in [1.807, 2.05) is 48.1 Å². The summed E-state index contributed by atoms with van der Waals surface area (Å²) in [7, 11) is 0. The van der Waals surface area contributed by atoms with E-state index in [2.05, 4.69) is 22.2 Å². The van der Waals surface area contributed by atoms with Gasteiger partial charge in [-0.25, -0.2) is 14.1 Å². The molecule has 0 spiro atoms. The van der Waals surface area contributed by atoms with Crippen molar-refractivity contribution in [2.75, 3.05) is 0 Å². The molecule has 0 aliphatic heterocycles. The first-order chi connectivity index (χ1) is 11.7. The van der Waals surface area contributed by atoms with Crippen molar-refractivity contribution >= 4 is 11.0 Å². The van der Waals surface area contributed by atoms with E-state index in [9.17, 15) is 4.39 Å². The van der Waals surface area contributed by atoms with Crippen LogP contribution in [0.2, 0.25) is 0 Å². The molecule has 4 heteroatoms. The summed E-state index contributed by atoms with van der Waals surface area (Å²) in [5.74, 6) is -0.221. The summed E-state index contributed by atoms with van der Waals surface area (Å²) in [5.41, 5.74) is 4.94. The quantitative estimate of drug-likeness (QED) is 0.553. The molecule has 0 bridgehead atoms. The zero-order chi connectivity index (χ0) is 16.5. The Kier molecular flexibility index (Phi) is 3.58. The molecule has 2 aromatic carbocycles. The van der Waals surface area contributed by atoms with E-state index >= 15 is 0 Å². The van der Waals surface area contributed by atoms with Crippen LogP contribution in [0.25, 0.3) is 22.2 Å². The van der Waals surface area contributed by atoms with Crippen molar-refractivity contribution in [3.05, 3.63) is 83.9 Å². The molecular weight excluding hydrogens is 301 g/mol. The molecule has 0 amide bonds. The molecule has 2 heterocycles. The largest absolute Gasteiger partial charge is 0.243 e. The average molecular weight is 317 g/mol. The van der Waals surface area contributed by atoms with Gasteiger partial charge < -0.3 is 0 Å². The Labute approximate surface area is 139 Å². The SMILES string of the molecule is Cc1cc(F)ccc1-c1ccnc2c1cnn2Cc1ccccc1. The number of pyridine rings is 1. The summed E-state index contributed by atoms with van der Waals surface area (Å²) >= 11 is 0. The minimum atomic E-state index is -0.221. The number of rotatable bonds is 3. The molecule has 2 aromatic heterocycles. The Morgan fingerprint density at radius 2 is 1.83 bits per heavy atom. The zero-order valence-corrected chi connectivity index (χ0v) is 13.3. The number of halogens is 1. The van der Waals surface area contributed by atoms with Gasteiger partial charge in [0.2, 0.25) is 0 Å². The van der Waals surface area contributed by atoms with Crippen LogP contribution in [0.1, 0.15) is 11.1 Å². The third-order valence-electron chi connectivity index (χ3n) is 4.19. The molecule has 24 heavy (non-hydrogen) atoms. The molecule has 0 unspecified atom stereocenters. The number of benzene rings is 2. The highest BCUT2D eigenvalue weighted by Crippen LogP contribution is 2.30. The zero-order valence-electron chi connectivity index (χ0n) is 13.3. The van der Waals surface area contributed by atoms with Crippen molar-refractivity contribution in [3.63, 3.8) is 0 Å². The van der Waals surface area contributed by atoms with Gasteiger partial charge in [0, 0.05) is 11.6 Å². The van der Waals surface area contributed by atoms with Gasteiger partial charge in [-0.1, -0.05) is 36.4 Å². The van der Waals surface area contributed by atoms with Gasteiger partial charge in [-0.15, -0.1) is 0 Å². The maximum atomic E-state index is 13.4. The average Bonchev–Trinajstić information content (AvgIpc) is 2.99. The fraction of sp³-hybridized carbons (Fsp3) is 0.100. The highest BCUT2D eigenvalue weighted by atomic mass is 19.1. The molecule has 0 saturated carbocycles. The van der Waals surface area contributed by atoms with E-state index in [-0.39, 0.29) is 5.82 Å². The maximum Gasteiger partial charge on any atom is 0.158 e. The maximum absolute atomic E-state index is 13.4. The third-order valence-corrected chi connectivity index (χ3v) is 4.19. The number of fused-ring (bicyclic) bond motifs is 1. The summed E-state index contributed by atoms with van der Waals surface area (Å²) in [5, 5.41) is 5.48. The number of nitrogens with zero attached hydrogens (tertiary/aromatic N) is 3. The van der Waals surface area contributed by atoms with Gasteiger partial charge in [0.25, 0.3) is 0 Å². The van der Waals surface area contributed by atoms with Gasteiger partial charge in [-0.2, -0.15) is 5.10 Å². The molecular formula is C20H16FN3. The van der Waals surface area contributed by atoms with E-state index in [4.69, 9.17) is 0 Å². The molecule has 0 aliphatic carbocycles. The summed E-state index contributed by atoms with van der Waals surface area (Å²) in [6, 6.07) is 17.0. The van der Waals surface area contributed by atoms with Crippen LogP contribution in [0, 0.1) is 12.7 Å². The van der Waals surface area contributed by atoms with Crippen molar-refractivity contribution < 1.29 is 4.39 Å². The second-order valence-corrected chi connectivity index (χ2v) is 5.84. The molecule has 0 saturated heterocycles. The molecule has 0 atom stereocenters. The van der Waals surface area contributed by atoms with E-state index in [1.54, 1.807) is 12.3 Å². The molecule has 3 nitrogen and oxygen atoms in total. The summed E-state index contributed by atoms with van der Waals surface area (Å²) in [6.07, 6.45) is 3.62. The van der Waals surface area contributed by atoms with E-state index in [0.29, 0.717) is 6.54 Å². The van der Waals surface area contributed by atoms with Gasteiger partial charge >= 0.3 is 0 Å². The lowest BCUT2D eigenvalue weighted by Crippen LogP contribution is -2.02. The first kappa shape index (κ1) is 14.6. The first-order valence-electron chi connectivity index (χ1n) is 7.83. The minimum absolute atomic E-state index is 0.221. The highest BCUT2D eigenvalue weighted by molar-refractivity contribution is 5.93. The van der Waals surface area contributed by atoms with Crippen LogP contribution in [-0.4, -0.2) is 14.8 Å². The molecule has 0 aliphatic rings. The number of hydrogen-bond donors (Lipinski definition) is 0. The van der Waals surface area contributed by atoms with Crippen molar-refractivity contribution in [1.29, 1.82) is 0 Å². The monoisotopic (exact) mass is 317 g/mol. The fourth-order valence-electron chi connectivity index (χ4n) is 3.01. The fourth-order valence-corrected chi connectivity index (χ4v) is 3.01. The predicted octanol–water partition coefficient (Wildman–Crippen LogP) is 4.59. The minimum Gasteiger partial charge on any atom is -0.243 e. The Morgan fingerprint density at radius 3 is 2.62 bits per heavy atom. The van der Waals surface area contributed by atoms with Gasteiger partial charge in [-0.05, 0) is 47.4 Å². The van der Waals surface area contributed by atoms with Crippen molar-refractivity contribution in [3.8, 4) is 11.1 Å². The predicted molar refractivity (Wildman–Crippen MR) is 93.2 cm³/mol. The summed E-state index contributed by atoms with van der Waals surface area (Å²) in [4.78, 5) is 4.50. The molecule has 4 aromatic rings. The van der Waals surface area contributed by atoms with Gasteiger partial charge in [0.15, 0.2) is 5.65 Å². The van der Waals surface area contributed by atoms with Crippen molar-refractivity contribution in [1.82, 2.24) is 14.8 Å². The van der Waals surface area contributed by atoms with Crippen molar-refractivity contribution in [2.45, 2.75) is 13.5 Å². The summed E-state index contributed by atoms with van der Waals surface area (Å²) < 4.78 is 15.3. The van der Waals surface area contributed by atoms with Crippen LogP contribution < -0.4 is 0 Å².